The summed E-state index contributed by atoms with van der Waals surface area (Å²) in [6.45, 7) is 1.86. The second kappa shape index (κ2) is 7.66. The van der Waals surface area contributed by atoms with Crippen LogP contribution in [0, 0.1) is 0 Å². The summed E-state index contributed by atoms with van der Waals surface area (Å²) in [5.41, 5.74) is -1.26. The van der Waals surface area contributed by atoms with Crippen molar-refractivity contribution in [2.45, 2.75) is 30.6 Å². The normalized spacial score (nSPS) is 16.3. The predicted octanol–water partition coefficient (Wildman–Crippen LogP) is 2.97. The Hall–Kier alpha value is -2.82. The molecule has 1 atom stereocenters. The van der Waals surface area contributed by atoms with Crippen LogP contribution in [-0.2, 0) is 15.8 Å². The first-order chi connectivity index (χ1) is 13.2. The van der Waals surface area contributed by atoms with Gasteiger partial charge in [-0.3, -0.25) is 14.4 Å². The number of halogens is 3. The van der Waals surface area contributed by atoms with Gasteiger partial charge in [-0.15, -0.1) is 0 Å². The smallest absolute Gasteiger partial charge is 0.326 e. The number of fused-ring (bicyclic) bond motifs is 1. The van der Waals surface area contributed by atoms with Crippen molar-refractivity contribution in [3.63, 3.8) is 0 Å². The van der Waals surface area contributed by atoms with E-state index in [0.717, 1.165) is 24.3 Å². The number of amides is 2. The fourth-order valence-electron chi connectivity index (χ4n) is 2.75. The molecule has 0 unspecified atom stereocenters. The number of carbonyl (C=O) groups is 2. The Morgan fingerprint density at radius 3 is 2.57 bits per heavy atom. The Labute approximate surface area is 161 Å². The van der Waals surface area contributed by atoms with Gasteiger partial charge in [0.05, 0.1) is 17.0 Å². The van der Waals surface area contributed by atoms with E-state index in [2.05, 4.69) is 20.6 Å². The molecule has 0 bridgehead atoms. The van der Waals surface area contributed by atoms with E-state index in [1.165, 1.54) is 11.8 Å². The lowest BCUT2D eigenvalue weighted by molar-refractivity contribution is -0.137. The molecule has 148 valence electrons. The molecular formula is C17H15F3N4O3S. The van der Waals surface area contributed by atoms with Crippen LogP contribution in [0.1, 0.15) is 30.4 Å². The average molecular weight is 412 g/mol. The molecule has 0 saturated heterocycles. The Morgan fingerprint density at radius 2 is 1.96 bits per heavy atom. The summed E-state index contributed by atoms with van der Waals surface area (Å²) in [6.07, 6.45) is -4.76. The van der Waals surface area contributed by atoms with Crippen LogP contribution in [-0.4, -0.2) is 27.5 Å². The van der Waals surface area contributed by atoms with Gasteiger partial charge < -0.3 is 15.6 Å². The van der Waals surface area contributed by atoms with E-state index in [-0.39, 0.29) is 23.5 Å². The summed E-state index contributed by atoms with van der Waals surface area (Å²) in [5, 5.41) is 5.25. The van der Waals surface area contributed by atoms with Crippen LogP contribution in [0.25, 0.3) is 0 Å². The van der Waals surface area contributed by atoms with E-state index in [0.29, 0.717) is 10.9 Å². The van der Waals surface area contributed by atoms with Gasteiger partial charge in [0.1, 0.15) is 5.82 Å². The number of hydrogen-bond acceptors (Lipinski definition) is 5. The maximum Gasteiger partial charge on any atom is 0.416 e. The third kappa shape index (κ3) is 4.19. The SMILES string of the molecule is CCSc1nc2c(c(=O)[nH]1)[C@@H](C(=O)Nc1ccc(C(F)(F)F)cc1)CC(=O)N2. The molecule has 3 N–H and O–H groups in total. The highest BCUT2D eigenvalue weighted by molar-refractivity contribution is 7.99. The maximum absolute atomic E-state index is 12.6. The van der Waals surface area contributed by atoms with Gasteiger partial charge >= 0.3 is 6.18 Å². The van der Waals surface area contributed by atoms with E-state index in [1.807, 2.05) is 6.92 Å². The van der Waals surface area contributed by atoms with Crippen LogP contribution in [0.3, 0.4) is 0 Å². The standard InChI is InChI=1S/C17H15F3N4O3S/c1-2-28-16-23-13-12(15(27)24-16)10(7-11(25)22-13)14(26)21-9-5-3-8(4-6-9)17(18,19)20/h3-6,10H,2,7H2,1H3,(H,21,26)(H2,22,23,24,25,27)/t10-/m0/s1. The van der Waals surface area contributed by atoms with Gasteiger partial charge in [0.15, 0.2) is 5.16 Å². The largest absolute Gasteiger partial charge is 0.416 e. The quantitative estimate of drug-likeness (QED) is 0.529. The number of thioether (sulfide) groups is 1. The minimum absolute atomic E-state index is 0.0171. The van der Waals surface area contributed by atoms with Crippen LogP contribution in [0.4, 0.5) is 24.7 Å². The van der Waals surface area contributed by atoms with Crippen molar-refractivity contribution >= 4 is 35.1 Å². The average Bonchev–Trinajstić information content (AvgIpc) is 2.60. The molecule has 0 aliphatic carbocycles. The minimum atomic E-state index is -4.49. The van der Waals surface area contributed by atoms with Crippen molar-refractivity contribution in [1.29, 1.82) is 0 Å². The molecule has 11 heteroatoms. The summed E-state index contributed by atoms with van der Waals surface area (Å²) in [4.78, 5) is 43.7. The number of alkyl halides is 3. The molecule has 2 amide bonds. The van der Waals surface area contributed by atoms with E-state index in [1.54, 1.807) is 0 Å². The summed E-state index contributed by atoms with van der Waals surface area (Å²) >= 11 is 1.27. The predicted molar refractivity (Wildman–Crippen MR) is 97.3 cm³/mol. The summed E-state index contributed by atoms with van der Waals surface area (Å²) in [6, 6.07) is 3.88. The maximum atomic E-state index is 12.6. The fourth-order valence-corrected chi connectivity index (χ4v) is 3.35. The molecule has 0 fully saturated rings. The number of nitrogens with one attached hydrogen (secondary N) is 3. The number of aromatic amines is 1. The highest BCUT2D eigenvalue weighted by Gasteiger charge is 2.35. The lowest BCUT2D eigenvalue weighted by Crippen LogP contribution is -2.36. The number of carbonyl (C=O) groups excluding carboxylic acids is 2. The first-order valence-corrected chi connectivity index (χ1v) is 9.22. The highest BCUT2D eigenvalue weighted by atomic mass is 32.2. The van der Waals surface area contributed by atoms with Gasteiger partial charge in [-0.2, -0.15) is 13.2 Å². The monoisotopic (exact) mass is 412 g/mol. The fraction of sp³-hybridized carbons (Fsp3) is 0.294. The molecular weight excluding hydrogens is 397 g/mol. The molecule has 2 aromatic rings. The summed E-state index contributed by atoms with van der Waals surface area (Å²) < 4.78 is 37.9. The minimum Gasteiger partial charge on any atom is -0.326 e. The van der Waals surface area contributed by atoms with E-state index < -0.39 is 35.0 Å². The highest BCUT2D eigenvalue weighted by Crippen LogP contribution is 2.32. The van der Waals surface area contributed by atoms with Gasteiger partial charge in [0.2, 0.25) is 11.8 Å². The Bertz CT molecular complexity index is 973. The second-order valence-corrected chi connectivity index (χ2v) is 7.19. The molecule has 1 aromatic heterocycles. The number of rotatable bonds is 4. The van der Waals surface area contributed by atoms with E-state index in [9.17, 15) is 27.6 Å². The topological polar surface area (TPSA) is 104 Å². The lowest BCUT2D eigenvalue weighted by Gasteiger charge is -2.23. The van der Waals surface area contributed by atoms with Crippen LogP contribution >= 0.6 is 11.8 Å². The number of anilines is 2. The second-order valence-electron chi connectivity index (χ2n) is 5.94. The zero-order valence-electron chi connectivity index (χ0n) is 14.5. The zero-order chi connectivity index (χ0) is 20.5. The van der Waals surface area contributed by atoms with Crippen LogP contribution in [0.5, 0.6) is 0 Å². The van der Waals surface area contributed by atoms with E-state index in [4.69, 9.17) is 0 Å². The molecule has 1 aromatic carbocycles. The van der Waals surface area contributed by atoms with Crippen molar-refractivity contribution in [1.82, 2.24) is 9.97 Å². The Morgan fingerprint density at radius 1 is 1.29 bits per heavy atom. The van der Waals surface area contributed by atoms with Crippen molar-refractivity contribution in [3.05, 3.63) is 45.7 Å². The molecule has 3 rings (SSSR count). The molecule has 7 nitrogen and oxygen atoms in total. The van der Waals surface area contributed by atoms with Gasteiger partial charge in [-0.1, -0.05) is 18.7 Å². The molecule has 1 aliphatic rings. The van der Waals surface area contributed by atoms with Gasteiger partial charge in [-0.25, -0.2) is 4.98 Å². The number of nitrogens with zero attached hydrogens (tertiary/aromatic N) is 1. The van der Waals surface area contributed by atoms with Crippen LogP contribution in [0.15, 0.2) is 34.2 Å². The van der Waals surface area contributed by atoms with Crippen molar-refractivity contribution in [3.8, 4) is 0 Å². The lowest BCUT2D eigenvalue weighted by atomic mass is 9.92. The molecule has 0 saturated carbocycles. The Balaban J connectivity index is 1.87. The van der Waals surface area contributed by atoms with E-state index >= 15 is 0 Å². The number of H-pyrrole nitrogens is 1. The third-order valence-electron chi connectivity index (χ3n) is 4.01. The van der Waals surface area contributed by atoms with Gasteiger partial charge in [0, 0.05) is 12.1 Å². The van der Waals surface area contributed by atoms with Crippen molar-refractivity contribution < 1.29 is 22.8 Å². The first kappa shape index (κ1) is 19.9. The molecule has 1 aliphatic heterocycles. The molecule has 0 radical (unpaired) electrons. The third-order valence-corrected chi connectivity index (χ3v) is 4.76. The van der Waals surface area contributed by atoms with Crippen molar-refractivity contribution in [2.75, 3.05) is 16.4 Å². The number of aromatic nitrogens is 2. The number of hydrogen-bond donors (Lipinski definition) is 3. The molecule has 2 heterocycles. The van der Waals surface area contributed by atoms with Crippen molar-refractivity contribution in [2.24, 2.45) is 0 Å². The van der Waals surface area contributed by atoms with Gasteiger partial charge in [-0.05, 0) is 30.0 Å². The van der Waals surface area contributed by atoms with Crippen LogP contribution < -0.4 is 16.2 Å². The van der Waals surface area contributed by atoms with Gasteiger partial charge in [0.25, 0.3) is 5.56 Å². The summed E-state index contributed by atoms with van der Waals surface area (Å²) in [7, 11) is 0. The Kier molecular flexibility index (Phi) is 5.45. The summed E-state index contributed by atoms with van der Waals surface area (Å²) in [5.74, 6) is -1.61. The first-order valence-electron chi connectivity index (χ1n) is 8.24. The molecule has 28 heavy (non-hydrogen) atoms. The number of benzene rings is 1. The zero-order valence-corrected chi connectivity index (χ0v) is 15.3. The van der Waals surface area contributed by atoms with Crippen LogP contribution in [0.2, 0.25) is 0 Å². The molecule has 0 spiro atoms.